The molecule has 0 N–H and O–H groups in total. The van der Waals surface area contributed by atoms with Crippen LogP contribution in [0.4, 0.5) is 3.89 Å². The topological polar surface area (TPSA) is 52.1 Å². The van der Waals surface area contributed by atoms with E-state index in [0.29, 0.717) is 0 Å². The molecule has 0 fully saturated rings. The predicted octanol–water partition coefficient (Wildman–Crippen LogP) is 1.24. The van der Waals surface area contributed by atoms with Gasteiger partial charge in [-0.25, -0.2) is 9.78 Å². The van der Waals surface area contributed by atoms with Crippen molar-refractivity contribution >= 4 is 18.1 Å². The van der Waals surface area contributed by atoms with Gasteiger partial charge in [0.15, 0.2) is 5.69 Å². The Morgan fingerprint density at radius 3 is 3.00 bits per heavy atom. The second kappa shape index (κ2) is 4.01. The van der Waals surface area contributed by atoms with Crippen molar-refractivity contribution in [3.63, 3.8) is 0 Å². The Bertz CT molecular complexity index is 295. The highest BCUT2D eigenvalue weighted by Gasteiger charge is 2.08. The number of methoxy groups -OCH3 is 1. The van der Waals surface area contributed by atoms with Crippen LogP contribution in [0, 0.1) is 0 Å². The number of hydrogen-bond donors (Lipinski definition) is 0. The zero-order chi connectivity index (χ0) is 8.97. The van der Waals surface area contributed by atoms with E-state index in [1.165, 1.54) is 19.5 Å². The Kier molecular flexibility index (Phi) is 2.98. The van der Waals surface area contributed by atoms with Crippen molar-refractivity contribution in [1.29, 1.82) is 0 Å². The molecule has 0 aromatic carbocycles. The average molecular weight is 188 g/mol. The summed E-state index contributed by atoms with van der Waals surface area (Å²) in [5, 5.41) is 0.0397. The second-order valence-electron chi connectivity index (χ2n) is 1.81. The quantitative estimate of drug-likeness (QED) is 0.653. The minimum atomic E-state index is -0.626. The summed E-state index contributed by atoms with van der Waals surface area (Å²) in [6.07, 6.45) is 2.43. The molecule has 0 atom stereocenters. The Labute approximate surface area is 72.5 Å². The first kappa shape index (κ1) is 8.92. The third-order valence-electron chi connectivity index (χ3n) is 1.09. The van der Waals surface area contributed by atoms with E-state index in [-0.39, 0.29) is 22.9 Å². The van der Waals surface area contributed by atoms with Crippen molar-refractivity contribution in [2.75, 3.05) is 7.11 Å². The van der Waals surface area contributed by atoms with Gasteiger partial charge < -0.3 is 4.74 Å². The van der Waals surface area contributed by atoms with Crippen molar-refractivity contribution in [2.24, 2.45) is 0 Å². The molecule has 0 saturated heterocycles. The maximum absolute atomic E-state index is 11.9. The molecular formula is C6H5FN2O2S. The highest BCUT2D eigenvalue weighted by molar-refractivity contribution is 7.94. The van der Waals surface area contributed by atoms with Crippen LogP contribution in [0.5, 0.6) is 0 Å². The molecule has 64 valence electrons. The van der Waals surface area contributed by atoms with E-state index in [4.69, 9.17) is 0 Å². The fourth-order valence-electron chi connectivity index (χ4n) is 0.588. The first-order valence-electron chi connectivity index (χ1n) is 2.97. The first-order valence-corrected chi connectivity index (χ1v) is 3.68. The number of carbonyl (C=O) groups excluding carboxylic acids is 1. The van der Waals surface area contributed by atoms with Gasteiger partial charge >= 0.3 is 5.97 Å². The van der Waals surface area contributed by atoms with E-state index in [1.54, 1.807) is 0 Å². The van der Waals surface area contributed by atoms with Crippen molar-refractivity contribution in [3.8, 4) is 0 Å². The van der Waals surface area contributed by atoms with Crippen LogP contribution in [0.15, 0.2) is 17.4 Å². The van der Waals surface area contributed by atoms with Gasteiger partial charge in [-0.3, -0.25) is 4.98 Å². The number of aromatic nitrogens is 2. The first-order chi connectivity index (χ1) is 5.77. The Morgan fingerprint density at radius 2 is 2.42 bits per heavy atom. The van der Waals surface area contributed by atoms with Gasteiger partial charge in [0.1, 0.15) is 17.2 Å². The number of esters is 1. The van der Waals surface area contributed by atoms with E-state index >= 15 is 0 Å². The van der Waals surface area contributed by atoms with Gasteiger partial charge in [0.05, 0.1) is 19.5 Å². The van der Waals surface area contributed by atoms with Crippen LogP contribution in [0.1, 0.15) is 10.5 Å². The number of carbonyl (C=O) groups is 1. The number of rotatable bonds is 2. The SMILES string of the molecule is COC(=O)c1cncc(SF)n1. The summed E-state index contributed by atoms with van der Waals surface area (Å²) in [4.78, 5) is 18.0. The van der Waals surface area contributed by atoms with Crippen molar-refractivity contribution in [1.82, 2.24) is 9.97 Å². The van der Waals surface area contributed by atoms with E-state index < -0.39 is 5.97 Å². The van der Waals surface area contributed by atoms with Gasteiger partial charge in [0.2, 0.25) is 0 Å². The number of ether oxygens (including phenoxy) is 1. The lowest BCUT2D eigenvalue weighted by atomic mass is 10.5. The third kappa shape index (κ3) is 1.91. The predicted molar refractivity (Wildman–Crippen MR) is 40.3 cm³/mol. The molecule has 0 aliphatic rings. The fraction of sp³-hybridized carbons (Fsp3) is 0.167. The smallest absolute Gasteiger partial charge is 0.358 e. The van der Waals surface area contributed by atoms with Crippen LogP contribution in [-0.2, 0) is 4.74 Å². The minimum absolute atomic E-state index is 0.000139. The Hall–Kier alpha value is -1.17. The molecule has 1 aromatic heterocycles. The van der Waals surface area contributed by atoms with Gasteiger partial charge in [0.25, 0.3) is 0 Å². The number of nitrogens with zero attached hydrogens (tertiary/aromatic N) is 2. The third-order valence-corrected chi connectivity index (χ3v) is 1.44. The molecule has 0 aliphatic heterocycles. The van der Waals surface area contributed by atoms with Crippen molar-refractivity contribution in [2.45, 2.75) is 5.03 Å². The standard InChI is InChI=1S/C6H5FN2O2S/c1-11-6(10)4-2-8-3-5(9-4)12-7/h2-3H,1H3. The van der Waals surface area contributed by atoms with E-state index in [0.717, 1.165) is 0 Å². The molecular weight excluding hydrogens is 183 g/mol. The lowest BCUT2D eigenvalue weighted by molar-refractivity contribution is 0.0592. The lowest BCUT2D eigenvalue weighted by Gasteiger charge is -1.97. The van der Waals surface area contributed by atoms with Crippen LogP contribution in [0.3, 0.4) is 0 Å². The second-order valence-corrected chi connectivity index (χ2v) is 2.38. The van der Waals surface area contributed by atoms with E-state index in [9.17, 15) is 8.68 Å². The molecule has 6 heteroatoms. The van der Waals surface area contributed by atoms with Gasteiger partial charge in [-0.1, -0.05) is 0 Å². The molecule has 12 heavy (non-hydrogen) atoms. The Balaban J connectivity index is 2.93. The summed E-state index contributed by atoms with van der Waals surface area (Å²) in [5.74, 6) is -0.626. The zero-order valence-corrected chi connectivity index (χ0v) is 6.97. The van der Waals surface area contributed by atoms with Crippen LogP contribution >= 0.6 is 12.1 Å². The molecule has 4 nitrogen and oxygen atoms in total. The summed E-state index contributed by atoms with van der Waals surface area (Å²) >= 11 is -0.0705. The van der Waals surface area contributed by atoms with Gasteiger partial charge in [-0.2, -0.15) is 3.89 Å². The lowest BCUT2D eigenvalue weighted by Crippen LogP contribution is -2.04. The highest BCUT2D eigenvalue weighted by atomic mass is 32.2. The Morgan fingerprint density at radius 1 is 1.67 bits per heavy atom. The molecule has 1 aromatic rings. The van der Waals surface area contributed by atoms with Gasteiger partial charge in [-0.05, 0) is 0 Å². The van der Waals surface area contributed by atoms with Crippen molar-refractivity contribution in [3.05, 3.63) is 18.1 Å². The molecule has 0 saturated carbocycles. The maximum atomic E-state index is 11.9. The molecule has 0 aliphatic carbocycles. The van der Waals surface area contributed by atoms with Crippen LogP contribution in [-0.4, -0.2) is 23.0 Å². The largest absolute Gasteiger partial charge is 0.464 e. The highest BCUT2D eigenvalue weighted by Crippen LogP contribution is 2.14. The van der Waals surface area contributed by atoms with Crippen LogP contribution in [0.2, 0.25) is 0 Å². The molecule has 0 amide bonds. The summed E-state index contributed by atoms with van der Waals surface area (Å²) < 4.78 is 16.3. The normalized spacial score (nSPS) is 9.50. The number of halogens is 1. The molecule has 0 unspecified atom stereocenters. The minimum Gasteiger partial charge on any atom is -0.464 e. The molecule has 0 bridgehead atoms. The number of hydrogen-bond acceptors (Lipinski definition) is 5. The van der Waals surface area contributed by atoms with E-state index in [2.05, 4.69) is 14.7 Å². The summed E-state index contributed by atoms with van der Waals surface area (Å²) in [5.41, 5.74) is 0.000139. The van der Waals surface area contributed by atoms with Gasteiger partial charge in [0, 0.05) is 0 Å². The van der Waals surface area contributed by atoms with Crippen molar-refractivity contribution < 1.29 is 13.4 Å². The summed E-state index contributed by atoms with van der Waals surface area (Å²) in [6.45, 7) is 0. The molecule has 1 heterocycles. The molecule has 0 spiro atoms. The summed E-state index contributed by atoms with van der Waals surface area (Å²) in [6, 6.07) is 0. The summed E-state index contributed by atoms with van der Waals surface area (Å²) in [7, 11) is 1.22. The van der Waals surface area contributed by atoms with Crippen LogP contribution in [0.25, 0.3) is 0 Å². The fourth-order valence-corrected chi connectivity index (χ4v) is 0.822. The van der Waals surface area contributed by atoms with Gasteiger partial charge in [-0.15, -0.1) is 0 Å². The average Bonchev–Trinajstić information content (AvgIpc) is 2.17. The monoisotopic (exact) mass is 188 g/mol. The molecule has 0 radical (unpaired) electrons. The van der Waals surface area contributed by atoms with E-state index in [1.807, 2.05) is 0 Å². The van der Waals surface area contributed by atoms with Crippen LogP contribution < -0.4 is 0 Å². The molecule has 1 rings (SSSR count). The maximum Gasteiger partial charge on any atom is 0.358 e. The zero-order valence-electron chi connectivity index (χ0n) is 6.15.